The van der Waals surface area contributed by atoms with Gasteiger partial charge in [0.05, 0.1) is 21.8 Å². The molecule has 2 atom stereocenters. The van der Waals surface area contributed by atoms with Gasteiger partial charge in [-0.3, -0.25) is 0 Å². The molecule has 0 aliphatic carbocycles. The molecule has 0 radical (unpaired) electrons. The fourth-order valence-electron chi connectivity index (χ4n) is 4.29. The van der Waals surface area contributed by atoms with E-state index in [9.17, 15) is 4.21 Å². The van der Waals surface area contributed by atoms with Crippen LogP contribution >= 0.6 is 15.9 Å². The minimum absolute atomic E-state index is 0.102. The Morgan fingerprint density at radius 2 is 1.46 bits per heavy atom. The summed E-state index contributed by atoms with van der Waals surface area (Å²) < 4.78 is 23.9. The Morgan fingerprint density at radius 3 is 1.95 bits per heavy atom. The van der Waals surface area contributed by atoms with E-state index >= 15 is 0 Å². The van der Waals surface area contributed by atoms with E-state index in [0.29, 0.717) is 13.0 Å². The van der Waals surface area contributed by atoms with Crippen molar-refractivity contribution in [3.63, 3.8) is 0 Å². The first kappa shape index (κ1) is 29.5. The van der Waals surface area contributed by atoms with Crippen molar-refractivity contribution in [2.75, 3.05) is 6.61 Å². The van der Waals surface area contributed by atoms with Crippen LogP contribution in [0.2, 0.25) is 5.04 Å². The summed E-state index contributed by atoms with van der Waals surface area (Å²) in [6.45, 7) is 13.2. The molecule has 1 N–H and O–H groups in total. The summed E-state index contributed by atoms with van der Waals surface area (Å²) in [5.41, 5.74) is 0.913. The van der Waals surface area contributed by atoms with E-state index in [2.05, 4.69) is 114 Å². The monoisotopic (exact) mass is 595 g/mol. The zero-order chi connectivity index (χ0) is 27.1. The molecule has 0 spiro atoms. The van der Waals surface area contributed by atoms with E-state index in [4.69, 9.17) is 4.43 Å². The van der Waals surface area contributed by atoms with Gasteiger partial charge in [0.2, 0.25) is 0 Å². The van der Waals surface area contributed by atoms with Gasteiger partial charge >= 0.3 is 0 Å². The standard InChI is InChI=1S/C31H38BrNO2SSi/c1-30(2,3)36(34)33-27(21-20-25-14-13-15-26(32)24-25)22-23-35-37(31(4,5)6,28-16-9-7-10-17-28)29-18-11-8-12-19-29/h7-19,24,27,33H,22-23H2,1-6H3/t27-,36+/m0/s1. The molecular weight excluding hydrogens is 558 g/mol. The molecule has 3 nitrogen and oxygen atoms in total. The molecule has 196 valence electrons. The lowest BCUT2D eigenvalue weighted by Gasteiger charge is -2.43. The molecule has 0 fully saturated rings. The average molecular weight is 597 g/mol. The molecule has 3 aromatic carbocycles. The number of hydrogen-bond acceptors (Lipinski definition) is 2. The third-order valence-electron chi connectivity index (χ3n) is 6.16. The third-order valence-corrected chi connectivity index (χ3v) is 13.3. The minimum atomic E-state index is -2.65. The van der Waals surface area contributed by atoms with Gasteiger partial charge < -0.3 is 4.43 Å². The van der Waals surface area contributed by atoms with Crippen molar-refractivity contribution in [1.29, 1.82) is 0 Å². The molecule has 6 heteroatoms. The summed E-state index contributed by atoms with van der Waals surface area (Å²) in [5.74, 6) is 6.59. The van der Waals surface area contributed by atoms with Crippen LogP contribution in [0, 0.1) is 11.8 Å². The lowest BCUT2D eigenvalue weighted by atomic mass is 10.2. The highest BCUT2D eigenvalue weighted by Gasteiger charge is 2.50. The quantitative estimate of drug-likeness (QED) is 0.249. The second-order valence-corrected chi connectivity index (χ2v) is 18.4. The lowest BCUT2D eigenvalue weighted by Crippen LogP contribution is -2.66. The van der Waals surface area contributed by atoms with Crippen molar-refractivity contribution >= 4 is 45.6 Å². The van der Waals surface area contributed by atoms with Crippen LogP contribution in [0.3, 0.4) is 0 Å². The number of hydrogen-bond donors (Lipinski definition) is 1. The van der Waals surface area contributed by atoms with Gasteiger partial charge in [0.25, 0.3) is 8.32 Å². The Labute approximate surface area is 235 Å². The van der Waals surface area contributed by atoms with Gasteiger partial charge in [0.15, 0.2) is 0 Å². The van der Waals surface area contributed by atoms with Crippen molar-refractivity contribution in [2.45, 2.75) is 63.8 Å². The molecule has 0 aliphatic rings. The smallest absolute Gasteiger partial charge is 0.261 e. The number of benzene rings is 3. The maximum absolute atomic E-state index is 13.0. The molecule has 3 rings (SSSR count). The summed E-state index contributed by atoms with van der Waals surface area (Å²) in [7, 11) is -3.89. The Hall–Kier alpha value is -2.01. The molecule has 0 amide bonds. The summed E-state index contributed by atoms with van der Waals surface area (Å²) in [6.07, 6.45) is 0.618. The predicted molar refractivity (Wildman–Crippen MR) is 164 cm³/mol. The summed E-state index contributed by atoms with van der Waals surface area (Å²) in [6, 6.07) is 28.9. The molecule has 0 heterocycles. The second-order valence-electron chi connectivity index (χ2n) is 11.1. The molecule has 0 aliphatic heterocycles. The highest BCUT2D eigenvalue weighted by atomic mass is 79.9. The molecular formula is C31H38BrNO2SSi. The second kappa shape index (κ2) is 12.7. The molecule has 0 bridgehead atoms. The minimum Gasteiger partial charge on any atom is -0.407 e. The van der Waals surface area contributed by atoms with Crippen molar-refractivity contribution < 1.29 is 8.63 Å². The zero-order valence-corrected chi connectivity index (χ0v) is 26.1. The summed E-state index contributed by atoms with van der Waals surface area (Å²) >= 11 is 3.51. The maximum Gasteiger partial charge on any atom is 0.261 e. The van der Waals surface area contributed by atoms with E-state index in [1.54, 1.807) is 0 Å². The van der Waals surface area contributed by atoms with E-state index in [1.165, 1.54) is 10.4 Å². The van der Waals surface area contributed by atoms with Crippen molar-refractivity contribution in [3.05, 3.63) is 95.0 Å². The predicted octanol–water partition coefficient (Wildman–Crippen LogP) is 6.19. The van der Waals surface area contributed by atoms with Crippen molar-refractivity contribution in [3.8, 4) is 11.8 Å². The van der Waals surface area contributed by atoms with Gasteiger partial charge in [0.1, 0.15) is 0 Å². The molecule has 3 aromatic rings. The van der Waals surface area contributed by atoms with Crippen LogP contribution in [0.4, 0.5) is 0 Å². The zero-order valence-electron chi connectivity index (χ0n) is 22.7. The number of nitrogens with one attached hydrogen (secondary N) is 1. The van der Waals surface area contributed by atoms with E-state index in [-0.39, 0.29) is 11.1 Å². The molecule has 0 aromatic heterocycles. The Morgan fingerprint density at radius 1 is 0.892 bits per heavy atom. The third kappa shape index (κ3) is 7.75. The van der Waals surface area contributed by atoms with Crippen LogP contribution in [0.15, 0.2) is 89.4 Å². The van der Waals surface area contributed by atoms with Crippen molar-refractivity contribution in [1.82, 2.24) is 4.72 Å². The Bertz CT molecular complexity index is 1200. The largest absolute Gasteiger partial charge is 0.407 e. The Kier molecular flexibility index (Phi) is 10.1. The molecule has 0 saturated carbocycles. The van der Waals surface area contributed by atoms with Crippen LogP contribution in [-0.2, 0) is 15.4 Å². The summed E-state index contributed by atoms with van der Waals surface area (Å²) in [5, 5.41) is 2.39. The first-order chi connectivity index (χ1) is 17.4. The number of rotatable bonds is 8. The van der Waals surface area contributed by atoms with Gasteiger partial charge in [-0.15, -0.1) is 0 Å². The van der Waals surface area contributed by atoms with Crippen molar-refractivity contribution in [2.24, 2.45) is 0 Å². The highest BCUT2D eigenvalue weighted by Crippen LogP contribution is 2.36. The van der Waals surface area contributed by atoms with Crippen LogP contribution < -0.4 is 15.1 Å². The van der Waals surface area contributed by atoms with Gasteiger partial charge in [0, 0.05) is 16.6 Å². The average Bonchev–Trinajstić information content (AvgIpc) is 2.84. The first-order valence-electron chi connectivity index (χ1n) is 12.6. The SMILES string of the molecule is CC(C)(C)[S@@](=O)N[C@@H](C#Cc1cccc(Br)c1)CCO[Si](c1ccccc1)(c1ccccc1)C(C)(C)C. The normalized spacial score (nSPS) is 13.9. The fraction of sp³-hybridized carbons (Fsp3) is 0.355. The van der Waals surface area contributed by atoms with E-state index < -0.39 is 24.1 Å². The van der Waals surface area contributed by atoms with Gasteiger partial charge in [-0.25, -0.2) is 8.93 Å². The van der Waals surface area contributed by atoms with Crippen LogP contribution in [0.25, 0.3) is 0 Å². The first-order valence-corrected chi connectivity index (χ1v) is 16.5. The van der Waals surface area contributed by atoms with Gasteiger partial charge in [-0.1, -0.05) is 115 Å². The Balaban J connectivity index is 1.93. The topological polar surface area (TPSA) is 38.3 Å². The maximum atomic E-state index is 13.0. The number of halogens is 1. The molecule has 0 unspecified atom stereocenters. The van der Waals surface area contributed by atoms with Gasteiger partial charge in [-0.05, 0) is 60.8 Å². The summed E-state index contributed by atoms with van der Waals surface area (Å²) in [4.78, 5) is 0. The van der Waals surface area contributed by atoms with Crippen LogP contribution in [0.1, 0.15) is 53.5 Å². The van der Waals surface area contributed by atoms with Gasteiger partial charge in [-0.2, -0.15) is 0 Å². The molecule has 0 saturated heterocycles. The van der Waals surface area contributed by atoms with E-state index in [0.717, 1.165) is 10.0 Å². The highest BCUT2D eigenvalue weighted by molar-refractivity contribution is 9.10. The van der Waals surface area contributed by atoms with E-state index in [1.807, 2.05) is 45.0 Å². The lowest BCUT2D eigenvalue weighted by molar-refractivity contribution is 0.285. The molecule has 37 heavy (non-hydrogen) atoms. The fourth-order valence-corrected chi connectivity index (χ4v) is 10.1. The van der Waals surface area contributed by atoms with Crippen LogP contribution in [0.5, 0.6) is 0 Å². The van der Waals surface area contributed by atoms with Crippen LogP contribution in [-0.4, -0.2) is 29.9 Å².